The molecule has 1 heterocycles. The summed E-state index contributed by atoms with van der Waals surface area (Å²) in [5.41, 5.74) is 1.53. The summed E-state index contributed by atoms with van der Waals surface area (Å²) in [7, 11) is 0. The summed E-state index contributed by atoms with van der Waals surface area (Å²) < 4.78 is 5.53. The molecule has 19 heavy (non-hydrogen) atoms. The maximum Gasteiger partial charge on any atom is 0.354 e. The Hall–Kier alpha value is -2.07. The monoisotopic (exact) mass is 277 g/mol. The number of carboxylic acid groups (broad SMARTS) is 1. The van der Waals surface area contributed by atoms with Gasteiger partial charge in [-0.3, -0.25) is 0 Å². The first-order valence-electron chi connectivity index (χ1n) is 5.64. The highest BCUT2D eigenvalue weighted by Crippen LogP contribution is 2.26. The van der Waals surface area contributed by atoms with E-state index in [1.54, 1.807) is 24.3 Å². The van der Waals surface area contributed by atoms with Gasteiger partial charge in [-0.25, -0.2) is 9.78 Å². The fourth-order valence-electron chi connectivity index (χ4n) is 1.63. The van der Waals surface area contributed by atoms with Gasteiger partial charge in [0.05, 0.1) is 5.02 Å². The minimum absolute atomic E-state index is 0.00858. The maximum absolute atomic E-state index is 11.0. The first-order valence-corrected chi connectivity index (χ1v) is 6.02. The Morgan fingerprint density at radius 2 is 2.21 bits per heavy atom. The molecule has 5 heteroatoms. The molecule has 0 unspecified atom stereocenters. The van der Waals surface area contributed by atoms with Crippen molar-refractivity contribution in [3.8, 4) is 5.75 Å². The molecule has 0 fully saturated rings. The van der Waals surface area contributed by atoms with Gasteiger partial charge in [-0.05, 0) is 30.7 Å². The number of halogens is 1. The fourth-order valence-corrected chi connectivity index (χ4v) is 1.92. The molecule has 1 N–H and O–H groups in total. The molecule has 0 aliphatic rings. The van der Waals surface area contributed by atoms with Gasteiger partial charge in [-0.2, -0.15) is 0 Å². The zero-order valence-corrected chi connectivity index (χ0v) is 11.0. The van der Waals surface area contributed by atoms with Gasteiger partial charge in [-0.1, -0.05) is 23.7 Å². The van der Waals surface area contributed by atoms with Crippen molar-refractivity contribution in [2.75, 3.05) is 0 Å². The van der Waals surface area contributed by atoms with Crippen LogP contribution in [0.15, 0.2) is 36.5 Å². The molecule has 0 saturated heterocycles. The number of carbonyl (C=O) groups is 1. The smallest absolute Gasteiger partial charge is 0.354 e. The third kappa shape index (κ3) is 3.23. The molecule has 0 amide bonds. The summed E-state index contributed by atoms with van der Waals surface area (Å²) in [6, 6.07) is 8.76. The lowest BCUT2D eigenvalue weighted by molar-refractivity contribution is 0.0687. The van der Waals surface area contributed by atoms with Crippen LogP contribution in [-0.4, -0.2) is 16.1 Å². The van der Waals surface area contributed by atoms with Gasteiger partial charge in [-0.15, -0.1) is 0 Å². The predicted molar refractivity (Wildman–Crippen MR) is 71.7 cm³/mol. The molecule has 98 valence electrons. The van der Waals surface area contributed by atoms with Crippen molar-refractivity contribution in [1.82, 2.24) is 4.98 Å². The van der Waals surface area contributed by atoms with Crippen LogP contribution in [0.1, 0.15) is 21.6 Å². The van der Waals surface area contributed by atoms with Crippen LogP contribution in [-0.2, 0) is 6.61 Å². The first kappa shape index (κ1) is 13.4. The number of nitrogens with zero attached hydrogens (tertiary/aromatic N) is 1. The van der Waals surface area contributed by atoms with Gasteiger partial charge in [0.1, 0.15) is 12.4 Å². The molecule has 0 radical (unpaired) electrons. The minimum atomic E-state index is -1.07. The molecule has 1 aromatic carbocycles. The highest BCUT2D eigenvalue weighted by molar-refractivity contribution is 6.32. The van der Waals surface area contributed by atoms with Crippen molar-refractivity contribution in [3.63, 3.8) is 0 Å². The Morgan fingerprint density at radius 3 is 2.89 bits per heavy atom. The van der Waals surface area contributed by atoms with Gasteiger partial charge in [0.15, 0.2) is 5.69 Å². The van der Waals surface area contributed by atoms with Crippen molar-refractivity contribution in [2.24, 2.45) is 0 Å². The second-order valence-corrected chi connectivity index (χ2v) is 4.45. The van der Waals surface area contributed by atoms with Crippen LogP contribution < -0.4 is 4.74 Å². The number of benzene rings is 1. The lowest BCUT2D eigenvalue weighted by Crippen LogP contribution is -2.08. The van der Waals surface area contributed by atoms with Crippen LogP contribution in [0.5, 0.6) is 5.75 Å². The Morgan fingerprint density at radius 1 is 1.42 bits per heavy atom. The van der Waals surface area contributed by atoms with Crippen LogP contribution in [0.25, 0.3) is 0 Å². The molecular weight excluding hydrogens is 266 g/mol. The third-order valence-corrected chi connectivity index (χ3v) is 2.86. The van der Waals surface area contributed by atoms with Crippen LogP contribution in [0, 0.1) is 6.92 Å². The molecule has 2 rings (SSSR count). The van der Waals surface area contributed by atoms with E-state index in [-0.39, 0.29) is 12.3 Å². The average molecular weight is 278 g/mol. The summed E-state index contributed by atoms with van der Waals surface area (Å²) in [5.74, 6) is -0.554. The highest BCUT2D eigenvalue weighted by atomic mass is 35.5. The molecule has 0 bridgehead atoms. The van der Waals surface area contributed by atoms with Crippen LogP contribution >= 0.6 is 11.6 Å². The second-order valence-electron chi connectivity index (χ2n) is 4.04. The normalized spacial score (nSPS) is 10.2. The number of aryl methyl sites for hydroxylation is 1. The van der Waals surface area contributed by atoms with Crippen LogP contribution in [0.3, 0.4) is 0 Å². The number of hydrogen-bond donors (Lipinski definition) is 1. The van der Waals surface area contributed by atoms with Gasteiger partial charge in [0.2, 0.25) is 0 Å². The number of carboxylic acids is 1. The van der Waals surface area contributed by atoms with Crippen molar-refractivity contribution in [2.45, 2.75) is 13.5 Å². The van der Waals surface area contributed by atoms with Gasteiger partial charge < -0.3 is 9.84 Å². The van der Waals surface area contributed by atoms with E-state index in [9.17, 15) is 4.79 Å². The standard InChI is InChI=1S/C14H12ClNO3/c1-9-4-5-12(11(15)7-9)19-8-10-3-2-6-16-13(10)14(17)18/h2-7H,8H2,1H3,(H,17,18). The Labute approximate surface area is 115 Å². The molecule has 0 spiro atoms. The van der Waals surface area contributed by atoms with Gasteiger partial charge in [0, 0.05) is 11.8 Å². The molecule has 1 aromatic heterocycles. The van der Waals surface area contributed by atoms with Crippen molar-refractivity contribution >= 4 is 17.6 Å². The predicted octanol–water partition coefficient (Wildman–Crippen LogP) is 3.32. The van der Waals surface area contributed by atoms with E-state index in [1.165, 1.54) is 6.20 Å². The minimum Gasteiger partial charge on any atom is -0.487 e. The van der Waals surface area contributed by atoms with E-state index < -0.39 is 5.97 Å². The third-order valence-electron chi connectivity index (χ3n) is 2.56. The van der Waals surface area contributed by atoms with E-state index in [2.05, 4.69) is 4.98 Å². The Bertz CT molecular complexity index is 613. The van der Waals surface area contributed by atoms with E-state index in [0.717, 1.165) is 5.56 Å². The van der Waals surface area contributed by atoms with E-state index in [1.807, 2.05) is 13.0 Å². The number of pyridine rings is 1. The van der Waals surface area contributed by atoms with Crippen LogP contribution in [0.2, 0.25) is 5.02 Å². The van der Waals surface area contributed by atoms with Gasteiger partial charge >= 0.3 is 5.97 Å². The van der Waals surface area contributed by atoms with Gasteiger partial charge in [0.25, 0.3) is 0 Å². The van der Waals surface area contributed by atoms with E-state index in [4.69, 9.17) is 21.4 Å². The second kappa shape index (κ2) is 5.71. The number of hydrogen-bond acceptors (Lipinski definition) is 3. The van der Waals surface area contributed by atoms with E-state index >= 15 is 0 Å². The lowest BCUT2D eigenvalue weighted by Gasteiger charge is -2.09. The topological polar surface area (TPSA) is 59.4 Å². The zero-order valence-electron chi connectivity index (χ0n) is 10.3. The number of aromatic carboxylic acids is 1. The highest BCUT2D eigenvalue weighted by Gasteiger charge is 2.12. The molecule has 0 saturated carbocycles. The van der Waals surface area contributed by atoms with E-state index in [0.29, 0.717) is 16.3 Å². The number of ether oxygens (including phenoxy) is 1. The Balaban J connectivity index is 2.17. The largest absolute Gasteiger partial charge is 0.487 e. The summed E-state index contributed by atoms with van der Waals surface area (Å²) in [5, 5.41) is 9.51. The summed E-state index contributed by atoms with van der Waals surface area (Å²) in [4.78, 5) is 14.8. The lowest BCUT2D eigenvalue weighted by atomic mass is 10.2. The Kier molecular flexibility index (Phi) is 4.02. The van der Waals surface area contributed by atoms with Crippen molar-refractivity contribution in [1.29, 1.82) is 0 Å². The van der Waals surface area contributed by atoms with Crippen molar-refractivity contribution < 1.29 is 14.6 Å². The zero-order chi connectivity index (χ0) is 13.8. The summed E-state index contributed by atoms with van der Waals surface area (Å²) in [6.45, 7) is 2.04. The molecule has 4 nitrogen and oxygen atoms in total. The molecule has 2 aromatic rings. The maximum atomic E-state index is 11.0. The van der Waals surface area contributed by atoms with Crippen molar-refractivity contribution in [3.05, 3.63) is 58.4 Å². The number of rotatable bonds is 4. The summed E-state index contributed by atoms with van der Waals surface area (Å²) >= 11 is 6.04. The average Bonchev–Trinajstić information content (AvgIpc) is 2.38. The molecule has 0 aliphatic carbocycles. The summed E-state index contributed by atoms with van der Waals surface area (Å²) in [6.07, 6.45) is 1.44. The molecular formula is C14H12ClNO3. The quantitative estimate of drug-likeness (QED) is 0.931. The SMILES string of the molecule is Cc1ccc(OCc2cccnc2C(=O)O)c(Cl)c1. The number of aromatic nitrogens is 1. The molecule has 0 aliphatic heterocycles. The van der Waals surface area contributed by atoms with Crippen LogP contribution in [0.4, 0.5) is 0 Å². The first-order chi connectivity index (χ1) is 9.08. The molecule has 0 atom stereocenters. The fraction of sp³-hybridized carbons (Fsp3) is 0.143.